The lowest BCUT2D eigenvalue weighted by molar-refractivity contribution is -0.139. The number of hydrogen-bond acceptors (Lipinski definition) is 3. The fraction of sp³-hybridized carbons (Fsp3) is 1.00. The van der Waals surface area contributed by atoms with Crippen molar-refractivity contribution in [2.75, 3.05) is 20.3 Å². The van der Waals surface area contributed by atoms with Crippen LogP contribution in [0.2, 0.25) is 0 Å². The van der Waals surface area contributed by atoms with Gasteiger partial charge in [-0.25, -0.2) is 0 Å². The molecular weight excluding hydrogens is 235 g/mol. The maximum atomic E-state index is 11.9. The zero-order valence-corrected chi connectivity index (χ0v) is 10.6. The van der Waals surface area contributed by atoms with E-state index >= 15 is 0 Å². The number of likely N-dealkylation sites (N-methyl/N-ethyl adjacent to an activating group) is 1. The maximum Gasteiger partial charge on any atom is 0.389 e. The molecule has 0 rings (SSSR count). The first kappa shape index (κ1) is 16.7. The molecule has 0 fully saturated rings. The van der Waals surface area contributed by atoms with E-state index in [0.717, 1.165) is 0 Å². The highest BCUT2D eigenvalue weighted by Crippen LogP contribution is 2.21. The van der Waals surface area contributed by atoms with Crippen molar-refractivity contribution in [1.82, 2.24) is 5.32 Å². The van der Waals surface area contributed by atoms with E-state index in [-0.39, 0.29) is 25.7 Å². The second-order valence-corrected chi connectivity index (χ2v) is 4.57. The monoisotopic (exact) mass is 257 g/mol. The fourth-order valence-corrected chi connectivity index (χ4v) is 1.50. The summed E-state index contributed by atoms with van der Waals surface area (Å²) in [5.41, 5.74) is -0.455. The Morgan fingerprint density at radius 3 is 2.35 bits per heavy atom. The Morgan fingerprint density at radius 1 is 1.35 bits per heavy atom. The summed E-state index contributed by atoms with van der Waals surface area (Å²) in [5.74, 6) is 0. The number of aliphatic hydroxyl groups is 1. The summed E-state index contributed by atoms with van der Waals surface area (Å²) in [7, 11) is 1.73. The van der Waals surface area contributed by atoms with Gasteiger partial charge in [-0.05, 0) is 33.7 Å². The molecule has 17 heavy (non-hydrogen) atoms. The summed E-state index contributed by atoms with van der Waals surface area (Å²) in [6, 6.07) is 0. The van der Waals surface area contributed by atoms with Gasteiger partial charge in [-0.2, -0.15) is 13.2 Å². The first-order valence-corrected chi connectivity index (χ1v) is 5.70. The molecule has 0 amide bonds. The summed E-state index contributed by atoms with van der Waals surface area (Å²) < 4.78 is 40.9. The summed E-state index contributed by atoms with van der Waals surface area (Å²) in [4.78, 5) is 0. The molecule has 0 aliphatic rings. The average Bonchev–Trinajstić information content (AvgIpc) is 2.23. The van der Waals surface area contributed by atoms with E-state index in [0.29, 0.717) is 6.42 Å². The zero-order valence-electron chi connectivity index (χ0n) is 10.6. The molecule has 2 unspecified atom stereocenters. The van der Waals surface area contributed by atoms with Crippen molar-refractivity contribution in [3.8, 4) is 0 Å². The maximum absolute atomic E-state index is 11.9. The Labute approximate surface area is 100 Å². The minimum absolute atomic E-state index is 0.0246. The molecule has 0 spiro atoms. The van der Waals surface area contributed by atoms with Crippen molar-refractivity contribution < 1.29 is 23.0 Å². The standard InChI is InChI=1S/C11H22F3NO2/c1-9(7-10(2,8-16)15-3)17-6-4-5-11(12,13)14/h9,15-16H,4-8H2,1-3H3. The van der Waals surface area contributed by atoms with Crippen LogP contribution >= 0.6 is 0 Å². The Morgan fingerprint density at radius 2 is 1.94 bits per heavy atom. The van der Waals surface area contributed by atoms with Gasteiger partial charge in [-0.1, -0.05) is 0 Å². The molecule has 0 saturated carbocycles. The van der Waals surface area contributed by atoms with E-state index in [1.165, 1.54) is 0 Å². The van der Waals surface area contributed by atoms with E-state index < -0.39 is 18.1 Å². The van der Waals surface area contributed by atoms with Crippen molar-refractivity contribution in [2.24, 2.45) is 0 Å². The third-order valence-electron chi connectivity index (χ3n) is 2.70. The summed E-state index contributed by atoms with van der Waals surface area (Å²) >= 11 is 0. The summed E-state index contributed by atoms with van der Waals surface area (Å²) in [6.07, 6.45) is -4.59. The van der Waals surface area contributed by atoms with Gasteiger partial charge in [0.2, 0.25) is 0 Å². The minimum atomic E-state index is -4.11. The van der Waals surface area contributed by atoms with Gasteiger partial charge in [0.25, 0.3) is 0 Å². The van der Waals surface area contributed by atoms with E-state index in [4.69, 9.17) is 9.84 Å². The molecule has 0 aliphatic carbocycles. The van der Waals surface area contributed by atoms with Crippen molar-refractivity contribution in [3.05, 3.63) is 0 Å². The van der Waals surface area contributed by atoms with E-state index in [1.54, 1.807) is 14.0 Å². The topological polar surface area (TPSA) is 41.5 Å². The molecule has 2 N–H and O–H groups in total. The molecule has 104 valence electrons. The van der Waals surface area contributed by atoms with Gasteiger partial charge in [0.05, 0.1) is 12.7 Å². The van der Waals surface area contributed by atoms with E-state index in [1.807, 2.05) is 6.92 Å². The lowest BCUT2D eigenvalue weighted by atomic mass is 9.96. The third-order valence-corrected chi connectivity index (χ3v) is 2.70. The molecule has 0 aromatic carbocycles. The fourth-order valence-electron chi connectivity index (χ4n) is 1.50. The van der Waals surface area contributed by atoms with Crippen LogP contribution in [0.25, 0.3) is 0 Å². The molecule has 0 bridgehead atoms. The highest BCUT2D eigenvalue weighted by Gasteiger charge is 2.27. The van der Waals surface area contributed by atoms with Crippen LogP contribution in [0.15, 0.2) is 0 Å². The third kappa shape index (κ3) is 8.40. The van der Waals surface area contributed by atoms with Crippen LogP contribution in [-0.4, -0.2) is 43.2 Å². The zero-order chi connectivity index (χ0) is 13.5. The van der Waals surface area contributed by atoms with Crippen molar-refractivity contribution >= 4 is 0 Å². The number of rotatable bonds is 8. The quantitative estimate of drug-likeness (QED) is 0.654. The highest BCUT2D eigenvalue weighted by atomic mass is 19.4. The Bertz CT molecular complexity index is 205. The predicted octanol–water partition coefficient (Wildman–Crippen LogP) is 2.09. The van der Waals surface area contributed by atoms with Gasteiger partial charge >= 0.3 is 6.18 Å². The molecule has 0 saturated heterocycles. The number of nitrogens with one attached hydrogen (secondary N) is 1. The summed E-state index contributed by atoms with van der Waals surface area (Å²) in [5, 5.41) is 12.1. The van der Waals surface area contributed by atoms with Gasteiger partial charge < -0.3 is 15.2 Å². The Kier molecular flexibility index (Phi) is 7.04. The van der Waals surface area contributed by atoms with Crippen LogP contribution in [0.4, 0.5) is 13.2 Å². The molecule has 3 nitrogen and oxygen atoms in total. The van der Waals surface area contributed by atoms with Gasteiger partial charge in [0.1, 0.15) is 0 Å². The summed E-state index contributed by atoms with van der Waals surface area (Å²) in [6.45, 7) is 3.67. The van der Waals surface area contributed by atoms with Crippen LogP contribution in [0.3, 0.4) is 0 Å². The average molecular weight is 257 g/mol. The van der Waals surface area contributed by atoms with Gasteiger partial charge in [-0.3, -0.25) is 0 Å². The molecule has 0 aliphatic heterocycles. The van der Waals surface area contributed by atoms with Crippen molar-refractivity contribution in [1.29, 1.82) is 0 Å². The predicted molar refractivity (Wildman–Crippen MR) is 59.9 cm³/mol. The lowest BCUT2D eigenvalue weighted by Gasteiger charge is -2.29. The SMILES string of the molecule is CNC(C)(CO)CC(C)OCCCC(F)(F)F. The lowest BCUT2D eigenvalue weighted by Crippen LogP contribution is -2.46. The van der Waals surface area contributed by atoms with Crippen LogP contribution in [0, 0.1) is 0 Å². The number of halogens is 3. The van der Waals surface area contributed by atoms with Crippen molar-refractivity contribution in [3.63, 3.8) is 0 Å². The molecule has 0 aromatic rings. The van der Waals surface area contributed by atoms with Gasteiger partial charge in [0.15, 0.2) is 0 Å². The molecule has 0 radical (unpaired) electrons. The molecule has 2 atom stereocenters. The first-order chi connectivity index (χ1) is 7.72. The second-order valence-electron chi connectivity index (χ2n) is 4.57. The van der Waals surface area contributed by atoms with Crippen LogP contribution in [0.1, 0.15) is 33.1 Å². The van der Waals surface area contributed by atoms with Gasteiger partial charge in [0, 0.05) is 18.6 Å². The number of ether oxygens (including phenoxy) is 1. The largest absolute Gasteiger partial charge is 0.394 e. The molecule has 6 heteroatoms. The smallest absolute Gasteiger partial charge is 0.389 e. The molecule has 0 heterocycles. The Balaban J connectivity index is 3.76. The van der Waals surface area contributed by atoms with Gasteiger partial charge in [-0.15, -0.1) is 0 Å². The number of aliphatic hydroxyl groups excluding tert-OH is 1. The molecule has 0 aromatic heterocycles. The van der Waals surface area contributed by atoms with Crippen LogP contribution in [-0.2, 0) is 4.74 Å². The van der Waals surface area contributed by atoms with Crippen LogP contribution in [0.5, 0.6) is 0 Å². The highest BCUT2D eigenvalue weighted by molar-refractivity contribution is 4.82. The van der Waals surface area contributed by atoms with Crippen LogP contribution < -0.4 is 5.32 Å². The second kappa shape index (κ2) is 7.18. The van der Waals surface area contributed by atoms with E-state index in [2.05, 4.69) is 5.32 Å². The minimum Gasteiger partial charge on any atom is -0.394 e. The number of hydrogen-bond donors (Lipinski definition) is 2. The normalized spacial score (nSPS) is 17.8. The first-order valence-electron chi connectivity index (χ1n) is 5.70. The molecular formula is C11H22F3NO2. The van der Waals surface area contributed by atoms with Crippen molar-refractivity contribution in [2.45, 2.75) is 50.9 Å². The number of alkyl halides is 3. The van der Waals surface area contributed by atoms with E-state index in [9.17, 15) is 13.2 Å². The Hall–Kier alpha value is -0.330.